The molecule has 4 heteroatoms. The maximum Gasteiger partial charge on any atom is 0.320 e. The maximum atomic E-state index is 11.4. The van der Waals surface area contributed by atoms with Gasteiger partial charge in [-0.15, -0.1) is 0 Å². The maximum absolute atomic E-state index is 11.4. The van der Waals surface area contributed by atoms with Gasteiger partial charge < -0.3 is 10.5 Å². The third kappa shape index (κ3) is 5.47. The Bertz CT molecular complexity index is 205. The first-order valence-electron chi connectivity index (χ1n) is 6.37. The van der Waals surface area contributed by atoms with Gasteiger partial charge in [-0.1, -0.05) is 6.42 Å². The largest absolute Gasteiger partial charge is 0.465 e. The second-order valence-electron chi connectivity index (χ2n) is 4.36. The average Bonchev–Trinajstić information content (AvgIpc) is 3.06. The Morgan fingerprint density at radius 3 is 2.69 bits per heavy atom. The fourth-order valence-electron chi connectivity index (χ4n) is 1.84. The molecule has 0 aliphatic heterocycles. The number of esters is 1. The van der Waals surface area contributed by atoms with Crippen LogP contribution in [0, 0.1) is 0 Å². The lowest BCUT2D eigenvalue weighted by Gasteiger charge is -2.20. The number of carbonyl (C=O) groups excluding carboxylic acids is 1. The first-order valence-corrected chi connectivity index (χ1v) is 6.37. The van der Waals surface area contributed by atoms with E-state index in [9.17, 15) is 4.79 Å². The molecule has 0 atom stereocenters. The number of hydrogen-bond donors (Lipinski definition) is 1. The van der Waals surface area contributed by atoms with Crippen molar-refractivity contribution in [2.24, 2.45) is 5.73 Å². The Morgan fingerprint density at radius 1 is 1.38 bits per heavy atom. The lowest BCUT2D eigenvalue weighted by Crippen LogP contribution is -2.33. The highest BCUT2D eigenvalue weighted by Gasteiger charge is 2.29. The van der Waals surface area contributed by atoms with Crippen LogP contribution < -0.4 is 5.73 Å². The standard InChI is InChI=1S/C12H24N2O2/c1-2-16-12(15)10-14(11-6-7-11)9-5-3-4-8-13/h11H,2-10,13H2,1H3. The van der Waals surface area contributed by atoms with Crippen LogP contribution in [0.15, 0.2) is 0 Å². The zero-order valence-electron chi connectivity index (χ0n) is 10.3. The van der Waals surface area contributed by atoms with Gasteiger partial charge in [0.15, 0.2) is 0 Å². The monoisotopic (exact) mass is 228 g/mol. The molecule has 16 heavy (non-hydrogen) atoms. The zero-order chi connectivity index (χ0) is 11.8. The molecule has 1 saturated carbocycles. The number of nitrogens with two attached hydrogens (primary N) is 1. The number of unbranched alkanes of at least 4 members (excludes halogenated alkanes) is 2. The highest BCUT2D eigenvalue weighted by molar-refractivity contribution is 5.71. The highest BCUT2D eigenvalue weighted by Crippen LogP contribution is 2.26. The summed E-state index contributed by atoms with van der Waals surface area (Å²) in [4.78, 5) is 13.6. The summed E-state index contributed by atoms with van der Waals surface area (Å²) in [5.74, 6) is -0.0896. The van der Waals surface area contributed by atoms with Crippen LogP contribution in [0.4, 0.5) is 0 Å². The fraction of sp³-hybridized carbons (Fsp3) is 0.917. The molecule has 4 nitrogen and oxygen atoms in total. The molecule has 1 aliphatic carbocycles. The number of hydrogen-bond acceptors (Lipinski definition) is 4. The fourth-order valence-corrected chi connectivity index (χ4v) is 1.84. The van der Waals surface area contributed by atoms with E-state index in [2.05, 4.69) is 4.90 Å². The molecule has 0 aromatic carbocycles. The molecule has 0 unspecified atom stereocenters. The van der Waals surface area contributed by atoms with E-state index < -0.39 is 0 Å². The van der Waals surface area contributed by atoms with Gasteiger partial charge >= 0.3 is 5.97 Å². The SMILES string of the molecule is CCOC(=O)CN(CCCCCN)C1CC1. The molecule has 0 saturated heterocycles. The number of carbonyl (C=O) groups is 1. The highest BCUT2D eigenvalue weighted by atomic mass is 16.5. The molecule has 94 valence electrons. The van der Waals surface area contributed by atoms with E-state index in [1.807, 2.05) is 6.92 Å². The Hall–Kier alpha value is -0.610. The van der Waals surface area contributed by atoms with Crippen LogP contribution in [0.2, 0.25) is 0 Å². The number of nitrogens with zero attached hydrogens (tertiary/aromatic N) is 1. The van der Waals surface area contributed by atoms with Gasteiger partial charge in [0, 0.05) is 6.04 Å². The third-order valence-corrected chi connectivity index (χ3v) is 2.85. The van der Waals surface area contributed by atoms with E-state index >= 15 is 0 Å². The predicted molar refractivity (Wildman–Crippen MR) is 64.1 cm³/mol. The van der Waals surface area contributed by atoms with E-state index in [-0.39, 0.29) is 5.97 Å². The van der Waals surface area contributed by atoms with Crippen LogP contribution >= 0.6 is 0 Å². The van der Waals surface area contributed by atoms with Crippen molar-refractivity contribution in [3.8, 4) is 0 Å². The van der Waals surface area contributed by atoms with Crippen molar-refractivity contribution in [3.63, 3.8) is 0 Å². The molecular weight excluding hydrogens is 204 g/mol. The Balaban J connectivity index is 2.17. The first kappa shape index (κ1) is 13.5. The van der Waals surface area contributed by atoms with Crippen molar-refractivity contribution in [1.29, 1.82) is 0 Å². The molecule has 1 aliphatic rings. The van der Waals surface area contributed by atoms with Crippen LogP contribution in [-0.4, -0.2) is 43.2 Å². The summed E-state index contributed by atoms with van der Waals surface area (Å²) in [6, 6.07) is 0.627. The number of ether oxygens (including phenoxy) is 1. The zero-order valence-corrected chi connectivity index (χ0v) is 10.3. The Morgan fingerprint density at radius 2 is 2.12 bits per heavy atom. The average molecular weight is 228 g/mol. The van der Waals surface area contributed by atoms with Gasteiger partial charge in [-0.2, -0.15) is 0 Å². The van der Waals surface area contributed by atoms with E-state index in [1.165, 1.54) is 12.8 Å². The molecule has 0 heterocycles. The minimum Gasteiger partial charge on any atom is -0.465 e. The summed E-state index contributed by atoms with van der Waals surface area (Å²) in [6.07, 6.45) is 5.83. The van der Waals surface area contributed by atoms with E-state index in [0.717, 1.165) is 32.4 Å². The van der Waals surface area contributed by atoms with Gasteiger partial charge in [0.1, 0.15) is 0 Å². The quantitative estimate of drug-likeness (QED) is 0.475. The Kier molecular flexibility index (Phi) is 6.42. The second-order valence-corrected chi connectivity index (χ2v) is 4.36. The topological polar surface area (TPSA) is 55.6 Å². The van der Waals surface area contributed by atoms with E-state index in [1.54, 1.807) is 0 Å². The van der Waals surface area contributed by atoms with Crippen molar-refractivity contribution in [1.82, 2.24) is 4.90 Å². The molecule has 2 N–H and O–H groups in total. The van der Waals surface area contributed by atoms with Gasteiger partial charge in [-0.3, -0.25) is 9.69 Å². The molecule has 0 bridgehead atoms. The van der Waals surface area contributed by atoms with Crippen LogP contribution in [-0.2, 0) is 9.53 Å². The van der Waals surface area contributed by atoms with Crippen LogP contribution in [0.1, 0.15) is 39.0 Å². The van der Waals surface area contributed by atoms with Gasteiger partial charge in [0.2, 0.25) is 0 Å². The summed E-state index contributed by atoms with van der Waals surface area (Å²) in [6.45, 7) is 4.55. The summed E-state index contributed by atoms with van der Waals surface area (Å²) in [7, 11) is 0. The van der Waals surface area contributed by atoms with E-state index in [4.69, 9.17) is 10.5 Å². The summed E-state index contributed by atoms with van der Waals surface area (Å²) >= 11 is 0. The van der Waals surface area contributed by atoms with Gasteiger partial charge in [-0.25, -0.2) is 0 Å². The van der Waals surface area contributed by atoms with Crippen LogP contribution in [0.3, 0.4) is 0 Å². The van der Waals surface area contributed by atoms with Gasteiger partial charge in [0.25, 0.3) is 0 Å². The summed E-state index contributed by atoms with van der Waals surface area (Å²) in [5, 5.41) is 0. The van der Waals surface area contributed by atoms with Crippen molar-refractivity contribution >= 4 is 5.97 Å². The molecule has 0 radical (unpaired) electrons. The molecule has 1 rings (SSSR count). The lowest BCUT2D eigenvalue weighted by atomic mass is 10.2. The van der Waals surface area contributed by atoms with Crippen molar-refractivity contribution < 1.29 is 9.53 Å². The molecule has 0 aromatic rings. The second kappa shape index (κ2) is 7.63. The summed E-state index contributed by atoms with van der Waals surface area (Å²) < 4.78 is 4.98. The predicted octanol–water partition coefficient (Wildman–Crippen LogP) is 1.14. The van der Waals surface area contributed by atoms with Crippen molar-refractivity contribution in [3.05, 3.63) is 0 Å². The molecule has 1 fully saturated rings. The lowest BCUT2D eigenvalue weighted by molar-refractivity contribution is -0.144. The molecular formula is C12H24N2O2. The van der Waals surface area contributed by atoms with Crippen molar-refractivity contribution in [2.75, 3.05) is 26.2 Å². The number of rotatable bonds is 9. The van der Waals surface area contributed by atoms with Crippen LogP contribution in [0.25, 0.3) is 0 Å². The summed E-state index contributed by atoms with van der Waals surface area (Å²) in [5.41, 5.74) is 5.45. The minimum absolute atomic E-state index is 0.0896. The molecule has 0 spiro atoms. The molecule has 0 amide bonds. The van der Waals surface area contributed by atoms with E-state index in [0.29, 0.717) is 19.2 Å². The van der Waals surface area contributed by atoms with Gasteiger partial charge in [-0.05, 0) is 45.7 Å². The van der Waals surface area contributed by atoms with Crippen LogP contribution in [0.5, 0.6) is 0 Å². The Labute approximate surface area is 98.1 Å². The first-order chi connectivity index (χ1) is 7.77. The normalized spacial score (nSPS) is 15.4. The third-order valence-electron chi connectivity index (χ3n) is 2.85. The molecule has 0 aromatic heterocycles. The minimum atomic E-state index is -0.0896. The van der Waals surface area contributed by atoms with Crippen molar-refractivity contribution in [2.45, 2.75) is 45.1 Å². The smallest absolute Gasteiger partial charge is 0.320 e. The van der Waals surface area contributed by atoms with Gasteiger partial charge in [0.05, 0.1) is 13.2 Å².